The Morgan fingerprint density at radius 3 is 1.86 bits per heavy atom. The van der Waals surface area contributed by atoms with Crippen molar-refractivity contribution in [3.8, 4) is 0 Å². The van der Waals surface area contributed by atoms with E-state index in [1.165, 1.54) is 0 Å². The fourth-order valence-corrected chi connectivity index (χ4v) is 3.42. The highest BCUT2D eigenvalue weighted by molar-refractivity contribution is 6.00. The summed E-state index contributed by atoms with van der Waals surface area (Å²) in [6.45, 7) is 5.21. The molecule has 4 nitrogen and oxygen atoms in total. The summed E-state index contributed by atoms with van der Waals surface area (Å²) >= 11 is 0. The van der Waals surface area contributed by atoms with Gasteiger partial charge in [-0.15, -0.1) is 0 Å². The summed E-state index contributed by atoms with van der Waals surface area (Å²) in [5.41, 5.74) is 3.03. The maximum Gasteiger partial charge on any atom is 0.253 e. The van der Waals surface area contributed by atoms with Crippen LogP contribution in [-0.2, 0) is 4.79 Å². The number of hydrogen-bond acceptors (Lipinski definition) is 2. The van der Waals surface area contributed by atoms with Crippen LogP contribution in [0.15, 0.2) is 84.9 Å². The number of anilines is 1. The lowest BCUT2D eigenvalue weighted by atomic mass is 9.90. The molecule has 0 bridgehead atoms. The second-order valence-corrected chi connectivity index (χ2v) is 6.80. The highest BCUT2D eigenvalue weighted by Gasteiger charge is 2.23. The van der Waals surface area contributed by atoms with E-state index in [9.17, 15) is 9.59 Å². The molecule has 0 atom stereocenters. The molecule has 0 aliphatic rings. The van der Waals surface area contributed by atoms with Gasteiger partial charge in [-0.2, -0.15) is 0 Å². The highest BCUT2D eigenvalue weighted by atomic mass is 16.2. The third-order valence-corrected chi connectivity index (χ3v) is 4.96. The number of amides is 2. The first kappa shape index (κ1) is 20.3. The topological polar surface area (TPSA) is 49.4 Å². The minimum Gasteiger partial charge on any atom is -0.339 e. The fraction of sp³-hybridized carbons (Fsp3) is 0.200. The average Bonchev–Trinajstić information content (AvgIpc) is 2.76. The molecule has 0 heterocycles. The van der Waals surface area contributed by atoms with Gasteiger partial charge in [0.25, 0.3) is 5.91 Å². The van der Waals surface area contributed by atoms with Crippen LogP contribution in [0.3, 0.4) is 0 Å². The van der Waals surface area contributed by atoms with Crippen LogP contribution < -0.4 is 5.32 Å². The van der Waals surface area contributed by atoms with Crippen molar-refractivity contribution in [1.29, 1.82) is 0 Å². The van der Waals surface area contributed by atoms with E-state index < -0.39 is 5.92 Å². The number of rotatable bonds is 7. The van der Waals surface area contributed by atoms with Gasteiger partial charge in [0.1, 0.15) is 0 Å². The van der Waals surface area contributed by atoms with E-state index in [1.54, 1.807) is 23.1 Å². The first-order valence-corrected chi connectivity index (χ1v) is 9.94. The number of carbonyl (C=O) groups excluding carboxylic acids is 2. The van der Waals surface area contributed by atoms with Crippen LogP contribution in [0.1, 0.15) is 41.3 Å². The van der Waals surface area contributed by atoms with Crippen LogP contribution >= 0.6 is 0 Å². The van der Waals surface area contributed by atoms with Gasteiger partial charge >= 0.3 is 0 Å². The van der Waals surface area contributed by atoms with Crippen molar-refractivity contribution in [1.82, 2.24) is 4.90 Å². The van der Waals surface area contributed by atoms with Gasteiger partial charge in [-0.3, -0.25) is 9.59 Å². The van der Waals surface area contributed by atoms with Gasteiger partial charge < -0.3 is 10.2 Å². The number of benzene rings is 3. The predicted molar refractivity (Wildman–Crippen MR) is 117 cm³/mol. The molecule has 0 saturated heterocycles. The van der Waals surface area contributed by atoms with E-state index in [4.69, 9.17) is 0 Å². The van der Waals surface area contributed by atoms with E-state index in [0.717, 1.165) is 11.1 Å². The van der Waals surface area contributed by atoms with Crippen LogP contribution in [0.25, 0.3) is 0 Å². The van der Waals surface area contributed by atoms with Crippen molar-refractivity contribution in [2.75, 3.05) is 18.4 Å². The Labute approximate surface area is 172 Å². The third-order valence-electron chi connectivity index (χ3n) is 4.96. The van der Waals surface area contributed by atoms with Crippen molar-refractivity contribution in [3.63, 3.8) is 0 Å². The van der Waals surface area contributed by atoms with Crippen LogP contribution in [-0.4, -0.2) is 29.8 Å². The molecule has 0 saturated carbocycles. The monoisotopic (exact) mass is 386 g/mol. The summed E-state index contributed by atoms with van der Waals surface area (Å²) in [6, 6.07) is 26.6. The van der Waals surface area contributed by atoms with Crippen molar-refractivity contribution in [2.45, 2.75) is 19.8 Å². The zero-order valence-corrected chi connectivity index (χ0v) is 16.8. The largest absolute Gasteiger partial charge is 0.339 e. The molecule has 0 fully saturated rings. The van der Waals surface area contributed by atoms with Gasteiger partial charge in [-0.25, -0.2) is 0 Å². The zero-order valence-electron chi connectivity index (χ0n) is 16.8. The van der Waals surface area contributed by atoms with Gasteiger partial charge in [0.05, 0.1) is 5.92 Å². The van der Waals surface area contributed by atoms with Crippen LogP contribution in [0.2, 0.25) is 0 Å². The highest BCUT2D eigenvalue weighted by Crippen LogP contribution is 2.26. The molecule has 0 spiro atoms. The van der Waals surface area contributed by atoms with Gasteiger partial charge in [0, 0.05) is 24.3 Å². The average molecular weight is 386 g/mol. The molecule has 1 N–H and O–H groups in total. The van der Waals surface area contributed by atoms with Gasteiger partial charge in [0.15, 0.2) is 0 Å². The Balaban J connectivity index is 1.87. The molecular formula is C25H26N2O2. The Morgan fingerprint density at radius 1 is 0.793 bits per heavy atom. The molecule has 4 heteroatoms. The standard InChI is InChI=1S/C25H26N2O2/c1-3-27(4-2)25(29)21-16-11-17-22(18-21)26-24(28)23(19-12-7-5-8-13-19)20-14-9-6-10-15-20/h5-18,23H,3-4H2,1-2H3,(H,26,28). The summed E-state index contributed by atoms with van der Waals surface area (Å²) in [7, 11) is 0. The summed E-state index contributed by atoms with van der Waals surface area (Å²) in [4.78, 5) is 27.6. The molecule has 2 amide bonds. The molecule has 3 rings (SSSR count). The lowest BCUT2D eigenvalue weighted by molar-refractivity contribution is -0.116. The number of carbonyl (C=O) groups is 2. The third kappa shape index (κ3) is 4.91. The van der Waals surface area contributed by atoms with Crippen molar-refractivity contribution in [3.05, 3.63) is 102 Å². The van der Waals surface area contributed by atoms with Crippen molar-refractivity contribution in [2.24, 2.45) is 0 Å². The molecule has 0 aliphatic carbocycles. The van der Waals surface area contributed by atoms with E-state index in [-0.39, 0.29) is 11.8 Å². The number of nitrogens with zero attached hydrogens (tertiary/aromatic N) is 1. The Bertz CT molecular complexity index is 911. The fourth-order valence-electron chi connectivity index (χ4n) is 3.42. The first-order valence-electron chi connectivity index (χ1n) is 9.94. The van der Waals surface area contributed by atoms with Crippen LogP contribution in [0.4, 0.5) is 5.69 Å². The molecule has 0 radical (unpaired) electrons. The van der Waals surface area contributed by atoms with Crippen molar-refractivity contribution < 1.29 is 9.59 Å². The smallest absolute Gasteiger partial charge is 0.253 e. The normalized spacial score (nSPS) is 10.6. The molecule has 0 unspecified atom stereocenters. The summed E-state index contributed by atoms with van der Waals surface area (Å²) < 4.78 is 0. The molecule has 148 valence electrons. The summed E-state index contributed by atoms with van der Waals surface area (Å²) in [5.74, 6) is -0.594. The van der Waals surface area contributed by atoms with Gasteiger partial charge in [-0.1, -0.05) is 66.7 Å². The SMILES string of the molecule is CCN(CC)C(=O)c1cccc(NC(=O)C(c2ccccc2)c2ccccc2)c1. The number of nitrogens with one attached hydrogen (secondary N) is 1. The minimum atomic E-state index is -0.431. The molecule has 0 aromatic heterocycles. The van der Waals surface area contributed by atoms with Gasteiger partial charge in [0.2, 0.25) is 5.91 Å². The Hall–Kier alpha value is -3.40. The van der Waals surface area contributed by atoms with E-state index in [1.807, 2.05) is 80.6 Å². The zero-order chi connectivity index (χ0) is 20.6. The van der Waals surface area contributed by atoms with E-state index in [2.05, 4.69) is 5.32 Å². The second kappa shape index (κ2) is 9.69. The first-order chi connectivity index (χ1) is 14.1. The van der Waals surface area contributed by atoms with Gasteiger partial charge in [-0.05, 0) is 43.2 Å². The maximum absolute atomic E-state index is 13.2. The van der Waals surface area contributed by atoms with E-state index in [0.29, 0.717) is 24.3 Å². The second-order valence-electron chi connectivity index (χ2n) is 6.80. The maximum atomic E-state index is 13.2. The number of hydrogen-bond donors (Lipinski definition) is 1. The molecule has 29 heavy (non-hydrogen) atoms. The van der Waals surface area contributed by atoms with Crippen LogP contribution in [0.5, 0.6) is 0 Å². The molecule has 3 aromatic rings. The lowest BCUT2D eigenvalue weighted by Crippen LogP contribution is -2.30. The van der Waals surface area contributed by atoms with Crippen LogP contribution in [0, 0.1) is 0 Å². The Morgan fingerprint density at radius 2 is 1.34 bits per heavy atom. The van der Waals surface area contributed by atoms with E-state index >= 15 is 0 Å². The predicted octanol–water partition coefficient (Wildman–Crippen LogP) is 4.94. The molecule has 3 aromatic carbocycles. The molecular weight excluding hydrogens is 360 g/mol. The Kier molecular flexibility index (Phi) is 6.80. The summed E-state index contributed by atoms with van der Waals surface area (Å²) in [6.07, 6.45) is 0. The quantitative estimate of drug-likeness (QED) is 0.625. The molecule has 0 aliphatic heterocycles. The van der Waals surface area contributed by atoms with Crippen molar-refractivity contribution >= 4 is 17.5 Å². The minimum absolute atomic E-state index is 0.0335. The summed E-state index contributed by atoms with van der Waals surface area (Å²) in [5, 5.41) is 3.00. The lowest BCUT2D eigenvalue weighted by Gasteiger charge is -2.20.